The molecule has 4 N–H and O–H groups in total. The van der Waals surface area contributed by atoms with Crippen LogP contribution in [0.15, 0.2) is 12.3 Å². The number of aliphatic carboxylic acids is 1. The second kappa shape index (κ2) is 5.81. The maximum atomic E-state index is 11.1. The number of nitrogens with zero attached hydrogens (tertiary/aromatic N) is 3. The van der Waals surface area contributed by atoms with E-state index in [9.17, 15) is 24.5 Å². The number of nitrogens with two attached hydrogens (primary N) is 1. The Morgan fingerprint density at radius 1 is 1.43 bits per heavy atom. The third-order valence-electron chi connectivity index (χ3n) is 2.52. The van der Waals surface area contributed by atoms with Crippen LogP contribution in [-0.4, -0.2) is 51.1 Å². The molecule has 0 saturated heterocycles. The van der Waals surface area contributed by atoms with Gasteiger partial charge in [-0.1, -0.05) is 0 Å². The summed E-state index contributed by atoms with van der Waals surface area (Å²) < 4.78 is 0. The number of carboxylic acid groups (broad SMARTS) is 2. The molecule has 1 amide bonds. The summed E-state index contributed by atoms with van der Waals surface area (Å²) in [4.78, 5) is 47.1. The van der Waals surface area contributed by atoms with E-state index < -0.39 is 45.9 Å². The second-order valence-electron chi connectivity index (χ2n) is 3.88. The summed E-state index contributed by atoms with van der Waals surface area (Å²) in [5.41, 5.74) is 3.71. The lowest BCUT2D eigenvalue weighted by molar-refractivity contribution is -0.384. The van der Waals surface area contributed by atoms with Crippen LogP contribution in [0.4, 0.5) is 11.5 Å². The standard InChI is InChI=1S/C10H10N4O7/c1-13(6(7(11)15)10(18)19)8-5(14(20)21)2-4(3-12-8)9(16)17/h2-3,6H,1H3,(H2,11,15)(H,16,17)(H,18,19). The van der Waals surface area contributed by atoms with Crippen molar-refractivity contribution >= 4 is 29.4 Å². The largest absolute Gasteiger partial charge is 0.479 e. The van der Waals surface area contributed by atoms with Gasteiger partial charge in [-0.3, -0.25) is 14.9 Å². The summed E-state index contributed by atoms with van der Waals surface area (Å²) in [5, 5.41) is 28.6. The molecule has 0 aliphatic heterocycles. The van der Waals surface area contributed by atoms with Crippen molar-refractivity contribution in [3.8, 4) is 0 Å². The van der Waals surface area contributed by atoms with Crippen LogP contribution in [0.25, 0.3) is 0 Å². The molecule has 0 bridgehead atoms. The van der Waals surface area contributed by atoms with Crippen molar-refractivity contribution in [3.05, 3.63) is 27.9 Å². The van der Waals surface area contributed by atoms with Gasteiger partial charge in [0.05, 0.1) is 10.5 Å². The molecule has 1 atom stereocenters. The maximum Gasteiger partial charge on any atom is 0.337 e. The van der Waals surface area contributed by atoms with Crippen LogP contribution >= 0.6 is 0 Å². The molecule has 21 heavy (non-hydrogen) atoms. The smallest absolute Gasteiger partial charge is 0.337 e. The Morgan fingerprint density at radius 3 is 2.38 bits per heavy atom. The maximum absolute atomic E-state index is 11.1. The van der Waals surface area contributed by atoms with E-state index >= 15 is 0 Å². The Kier molecular flexibility index (Phi) is 4.38. The highest BCUT2D eigenvalue weighted by atomic mass is 16.6. The average Bonchev–Trinajstić information content (AvgIpc) is 2.36. The summed E-state index contributed by atoms with van der Waals surface area (Å²) in [6.45, 7) is 0. The molecular formula is C10H10N4O7. The van der Waals surface area contributed by atoms with Gasteiger partial charge in [0.1, 0.15) is 0 Å². The molecule has 1 aromatic heterocycles. The number of nitro groups is 1. The molecule has 0 aromatic carbocycles. The molecular weight excluding hydrogens is 288 g/mol. The number of carbonyl (C=O) groups excluding carboxylic acids is 1. The molecule has 0 saturated carbocycles. The van der Waals surface area contributed by atoms with Gasteiger partial charge in [0.15, 0.2) is 0 Å². The summed E-state index contributed by atoms with van der Waals surface area (Å²) in [5.74, 6) is -4.80. The van der Waals surface area contributed by atoms with Gasteiger partial charge in [0.2, 0.25) is 11.9 Å². The van der Waals surface area contributed by atoms with Crippen LogP contribution in [0.5, 0.6) is 0 Å². The first-order valence-electron chi connectivity index (χ1n) is 5.29. The van der Waals surface area contributed by atoms with Crippen LogP contribution in [0, 0.1) is 10.1 Å². The second-order valence-corrected chi connectivity index (χ2v) is 3.88. The van der Waals surface area contributed by atoms with Gasteiger partial charge in [-0.25, -0.2) is 14.6 Å². The number of likely N-dealkylation sites (N-methyl/N-ethyl adjacent to an activating group) is 1. The van der Waals surface area contributed by atoms with Gasteiger partial charge in [-0.05, 0) is 0 Å². The van der Waals surface area contributed by atoms with Crippen LogP contribution in [0.2, 0.25) is 0 Å². The number of carboxylic acids is 2. The van der Waals surface area contributed by atoms with Gasteiger partial charge in [-0.2, -0.15) is 0 Å². The lowest BCUT2D eigenvalue weighted by Crippen LogP contribution is -2.48. The fraction of sp³-hybridized carbons (Fsp3) is 0.200. The predicted molar refractivity (Wildman–Crippen MR) is 66.9 cm³/mol. The number of carbonyl (C=O) groups is 3. The summed E-state index contributed by atoms with van der Waals surface area (Å²) in [7, 11) is 1.07. The van der Waals surface area contributed by atoms with Crippen molar-refractivity contribution in [2.24, 2.45) is 5.73 Å². The summed E-state index contributed by atoms with van der Waals surface area (Å²) in [6.07, 6.45) is 0.807. The Hall–Kier alpha value is -3.24. The number of anilines is 1. The van der Waals surface area contributed by atoms with Gasteiger partial charge in [0.25, 0.3) is 5.91 Å². The number of hydrogen-bond acceptors (Lipinski definition) is 7. The zero-order valence-corrected chi connectivity index (χ0v) is 10.6. The highest BCUT2D eigenvalue weighted by Crippen LogP contribution is 2.27. The van der Waals surface area contributed by atoms with Crippen molar-refractivity contribution in [2.45, 2.75) is 6.04 Å². The molecule has 1 unspecified atom stereocenters. The van der Waals surface area contributed by atoms with E-state index in [-0.39, 0.29) is 0 Å². The van der Waals surface area contributed by atoms with Gasteiger partial charge in [0, 0.05) is 19.3 Å². The zero-order chi connectivity index (χ0) is 16.3. The minimum atomic E-state index is -1.88. The number of primary amides is 1. The number of hydrogen-bond donors (Lipinski definition) is 3. The van der Waals surface area contributed by atoms with Crippen molar-refractivity contribution in [1.29, 1.82) is 0 Å². The lowest BCUT2D eigenvalue weighted by atomic mass is 10.2. The highest BCUT2D eigenvalue weighted by molar-refractivity contribution is 6.03. The van der Waals surface area contributed by atoms with Crippen molar-refractivity contribution in [3.63, 3.8) is 0 Å². The highest BCUT2D eigenvalue weighted by Gasteiger charge is 2.33. The van der Waals surface area contributed by atoms with Crippen LogP contribution < -0.4 is 10.6 Å². The molecule has 1 rings (SSSR count). The average molecular weight is 298 g/mol. The first kappa shape index (κ1) is 15.8. The minimum absolute atomic E-state index is 0.454. The van der Waals surface area contributed by atoms with Crippen LogP contribution in [-0.2, 0) is 9.59 Å². The molecule has 1 aromatic rings. The Balaban J connectivity index is 3.41. The number of aromatic carboxylic acids is 1. The Bertz CT molecular complexity index is 616. The molecule has 0 fully saturated rings. The third kappa shape index (κ3) is 3.20. The van der Waals surface area contributed by atoms with Crippen LogP contribution in [0.3, 0.4) is 0 Å². The van der Waals surface area contributed by atoms with E-state index in [1.165, 1.54) is 0 Å². The zero-order valence-electron chi connectivity index (χ0n) is 10.6. The molecule has 112 valence electrons. The Labute approximate surface area is 116 Å². The number of aromatic nitrogens is 1. The van der Waals surface area contributed by atoms with Crippen LogP contribution in [0.1, 0.15) is 10.4 Å². The monoisotopic (exact) mass is 298 g/mol. The fourth-order valence-corrected chi connectivity index (χ4v) is 1.57. The molecule has 11 heteroatoms. The molecule has 0 aliphatic carbocycles. The summed E-state index contributed by atoms with van der Waals surface area (Å²) >= 11 is 0. The van der Waals surface area contributed by atoms with E-state index in [1.54, 1.807) is 0 Å². The predicted octanol–water partition coefficient (Wildman–Crippen LogP) is -0.937. The lowest BCUT2D eigenvalue weighted by Gasteiger charge is -2.22. The fourth-order valence-electron chi connectivity index (χ4n) is 1.57. The van der Waals surface area contributed by atoms with E-state index in [0.717, 1.165) is 13.2 Å². The molecule has 0 aliphatic rings. The van der Waals surface area contributed by atoms with Crippen molar-refractivity contribution in [1.82, 2.24) is 4.98 Å². The number of rotatable bonds is 6. The van der Waals surface area contributed by atoms with Gasteiger partial charge in [-0.15, -0.1) is 0 Å². The minimum Gasteiger partial charge on any atom is -0.479 e. The van der Waals surface area contributed by atoms with E-state index in [1.807, 2.05) is 0 Å². The van der Waals surface area contributed by atoms with E-state index in [2.05, 4.69) is 4.98 Å². The SMILES string of the molecule is CN(c1ncc(C(=O)O)cc1[N+](=O)[O-])C(C(N)=O)C(=O)O. The topological polar surface area (TPSA) is 177 Å². The third-order valence-corrected chi connectivity index (χ3v) is 2.52. The quantitative estimate of drug-likeness (QED) is 0.339. The number of pyridine rings is 1. The molecule has 0 radical (unpaired) electrons. The van der Waals surface area contributed by atoms with Gasteiger partial charge < -0.3 is 20.8 Å². The number of amides is 1. The molecule has 1 heterocycles. The van der Waals surface area contributed by atoms with Crippen molar-refractivity contribution in [2.75, 3.05) is 11.9 Å². The first-order valence-corrected chi connectivity index (χ1v) is 5.29. The first-order chi connectivity index (χ1) is 9.66. The van der Waals surface area contributed by atoms with Crippen molar-refractivity contribution < 1.29 is 29.5 Å². The summed E-state index contributed by atoms with van der Waals surface area (Å²) in [6, 6.07) is -1.17. The molecule has 11 nitrogen and oxygen atoms in total. The normalized spacial score (nSPS) is 11.5. The van der Waals surface area contributed by atoms with Gasteiger partial charge >= 0.3 is 17.6 Å². The van der Waals surface area contributed by atoms with E-state index in [4.69, 9.17) is 15.9 Å². The Morgan fingerprint density at radius 2 is 2.00 bits per heavy atom. The van der Waals surface area contributed by atoms with E-state index in [0.29, 0.717) is 11.0 Å². The molecule has 0 spiro atoms.